The monoisotopic (exact) mass is 382 g/mol. The summed E-state index contributed by atoms with van der Waals surface area (Å²) < 4.78 is 19.8. The molecule has 1 amide bonds. The average molecular weight is 382 g/mol. The lowest BCUT2D eigenvalue weighted by molar-refractivity contribution is 0.102. The van der Waals surface area contributed by atoms with Crippen molar-refractivity contribution in [2.75, 3.05) is 5.32 Å². The van der Waals surface area contributed by atoms with Gasteiger partial charge in [0.15, 0.2) is 5.58 Å². The molecule has 0 aliphatic heterocycles. The van der Waals surface area contributed by atoms with Crippen molar-refractivity contribution in [3.05, 3.63) is 96.3 Å². The third kappa shape index (κ3) is 3.12. The van der Waals surface area contributed by atoms with Gasteiger partial charge in [0.2, 0.25) is 5.89 Å². The van der Waals surface area contributed by atoms with E-state index in [0.717, 1.165) is 21.9 Å². The first-order chi connectivity index (χ1) is 14.2. The number of fused-ring (bicyclic) bond motifs is 3. The molecule has 4 nitrogen and oxygen atoms in total. The SMILES string of the molecule is O=C(Nc1cccc(-c2nc3c(ccc4ccccc43)o2)c1)c1ccccc1F. The molecule has 0 fully saturated rings. The maximum Gasteiger partial charge on any atom is 0.258 e. The van der Waals surface area contributed by atoms with Crippen LogP contribution in [0.2, 0.25) is 0 Å². The van der Waals surface area contributed by atoms with Gasteiger partial charge in [-0.05, 0) is 41.8 Å². The predicted octanol–water partition coefficient (Wildman–Crippen LogP) is 6.04. The summed E-state index contributed by atoms with van der Waals surface area (Å²) in [6.45, 7) is 0. The van der Waals surface area contributed by atoms with Crippen LogP contribution in [0.25, 0.3) is 33.3 Å². The van der Waals surface area contributed by atoms with Gasteiger partial charge >= 0.3 is 0 Å². The number of hydrogen-bond donors (Lipinski definition) is 1. The van der Waals surface area contributed by atoms with Crippen molar-refractivity contribution in [3.63, 3.8) is 0 Å². The number of nitrogens with zero attached hydrogens (tertiary/aromatic N) is 1. The largest absolute Gasteiger partial charge is 0.436 e. The fourth-order valence-corrected chi connectivity index (χ4v) is 3.36. The van der Waals surface area contributed by atoms with E-state index in [0.29, 0.717) is 17.2 Å². The van der Waals surface area contributed by atoms with Crippen molar-refractivity contribution < 1.29 is 13.6 Å². The lowest BCUT2D eigenvalue weighted by Gasteiger charge is -2.07. The second-order valence-electron chi connectivity index (χ2n) is 6.67. The number of hydrogen-bond acceptors (Lipinski definition) is 3. The van der Waals surface area contributed by atoms with E-state index in [1.807, 2.05) is 42.5 Å². The smallest absolute Gasteiger partial charge is 0.258 e. The van der Waals surface area contributed by atoms with Gasteiger partial charge < -0.3 is 9.73 Å². The zero-order chi connectivity index (χ0) is 19.8. The first kappa shape index (κ1) is 17.1. The lowest BCUT2D eigenvalue weighted by atomic mass is 10.1. The Balaban J connectivity index is 1.50. The van der Waals surface area contributed by atoms with E-state index in [4.69, 9.17) is 4.42 Å². The Hall–Kier alpha value is -3.99. The summed E-state index contributed by atoms with van der Waals surface area (Å²) in [5, 5.41) is 4.83. The maximum atomic E-state index is 13.8. The molecular formula is C24H15FN2O2. The van der Waals surface area contributed by atoms with Crippen LogP contribution in [0.3, 0.4) is 0 Å². The number of benzene rings is 4. The van der Waals surface area contributed by atoms with Crippen molar-refractivity contribution in [1.29, 1.82) is 0 Å². The molecule has 1 heterocycles. The van der Waals surface area contributed by atoms with E-state index in [9.17, 15) is 9.18 Å². The molecule has 0 radical (unpaired) electrons. The third-order valence-electron chi connectivity index (χ3n) is 4.77. The summed E-state index contributed by atoms with van der Waals surface area (Å²) in [5.41, 5.74) is 2.73. The van der Waals surface area contributed by atoms with Crippen LogP contribution in [0.1, 0.15) is 10.4 Å². The van der Waals surface area contributed by atoms with E-state index in [1.54, 1.807) is 30.3 Å². The Labute approximate surface area is 165 Å². The maximum absolute atomic E-state index is 13.8. The first-order valence-electron chi connectivity index (χ1n) is 9.14. The van der Waals surface area contributed by atoms with E-state index in [1.165, 1.54) is 12.1 Å². The summed E-state index contributed by atoms with van der Waals surface area (Å²) >= 11 is 0. The van der Waals surface area contributed by atoms with Crippen LogP contribution in [0, 0.1) is 5.82 Å². The standard InChI is InChI=1S/C24H15FN2O2/c25-20-11-4-3-10-19(20)23(28)26-17-8-5-7-16(14-17)24-27-22-18-9-2-1-6-15(18)12-13-21(22)29-24/h1-14H,(H,26,28). The van der Waals surface area contributed by atoms with Gasteiger partial charge in [-0.2, -0.15) is 0 Å². The summed E-state index contributed by atoms with van der Waals surface area (Å²) in [6, 6.07) is 24.9. The second-order valence-corrected chi connectivity index (χ2v) is 6.67. The Morgan fingerprint density at radius 3 is 2.62 bits per heavy atom. The molecule has 0 atom stereocenters. The van der Waals surface area contributed by atoms with Crippen LogP contribution in [-0.2, 0) is 0 Å². The molecule has 5 heteroatoms. The highest BCUT2D eigenvalue weighted by Gasteiger charge is 2.14. The molecule has 0 aliphatic rings. The second kappa shape index (κ2) is 6.87. The molecule has 0 spiro atoms. The minimum Gasteiger partial charge on any atom is -0.436 e. The van der Waals surface area contributed by atoms with Gasteiger partial charge in [0, 0.05) is 16.6 Å². The van der Waals surface area contributed by atoms with Gasteiger partial charge in [-0.25, -0.2) is 9.37 Å². The van der Waals surface area contributed by atoms with E-state index < -0.39 is 11.7 Å². The number of anilines is 1. The molecule has 0 aliphatic carbocycles. The third-order valence-corrected chi connectivity index (χ3v) is 4.77. The van der Waals surface area contributed by atoms with Crippen LogP contribution in [0.5, 0.6) is 0 Å². The summed E-state index contributed by atoms with van der Waals surface area (Å²) in [6.07, 6.45) is 0. The zero-order valence-corrected chi connectivity index (χ0v) is 15.2. The number of aromatic nitrogens is 1. The topological polar surface area (TPSA) is 55.1 Å². The van der Waals surface area contributed by atoms with Crippen molar-refractivity contribution in [3.8, 4) is 11.5 Å². The lowest BCUT2D eigenvalue weighted by Crippen LogP contribution is -2.13. The molecule has 5 rings (SSSR count). The zero-order valence-electron chi connectivity index (χ0n) is 15.2. The molecule has 4 aromatic carbocycles. The van der Waals surface area contributed by atoms with Crippen molar-refractivity contribution in [1.82, 2.24) is 4.98 Å². The number of amides is 1. The highest BCUT2D eigenvalue weighted by molar-refractivity contribution is 6.05. The normalized spacial score (nSPS) is 11.1. The molecule has 0 unspecified atom stereocenters. The van der Waals surface area contributed by atoms with Crippen LogP contribution in [0.4, 0.5) is 10.1 Å². The minimum atomic E-state index is -0.563. The van der Waals surface area contributed by atoms with Gasteiger partial charge in [0.25, 0.3) is 5.91 Å². The Morgan fingerprint density at radius 1 is 0.897 bits per heavy atom. The number of nitrogens with one attached hydrogen (secondary N) is 1. The van der Waals surface area contributed by atoms with Gasteiger partial charge in [0.05, 0.1) is 5.56 Å². The number of carbonyl (C=O) groups excluding carboxylic acids is 1. The van der Waals surface area contributed by atoms with Crippen molar-refractivity contribution >= 4 is 33.5 Å². The first-order valence-corrected chi connectivity index (χ1v) is 9.14. The highest BCUT2D eigenvalue weighted by atomic mass is 19.1. The van der Waals surface area contributed by atoms with E-state index in [2.05, 4.69) is 10.3 Å². The highest BCUT2D eigenvalue weighted by Crippen LogP contribution is 2.30. The molecule has 29 heavy (non-hydrogen) atoms. The number of rotatable bonds is 3. The molecular weight excluding hydrogens is 367 g/mol. The fraction of sp³-hybridized carbons (Fsp3) is 0. The van der Waals surface area contributed by atoms with Crippen LogP contribution in [-0.4, -0.2) is 10.9 Å². The average Bonchev–Trinajstić information content (AvgIpc) is 3.19. The molecule has 0 bridgehead atoms. The number of oxazole rings is 1. The molecule has 140 valence electrons. The summed E-state index contributed by atoms with van der Waals surface area (Å²) in [7, 11) is 0. The van der Waals surface area contributed by atoms with Gasteiger partial charge in [0.1, 0.15) is 11.3 Å². The molecule has 0 saturated heterocycles. The Kier molecular flexibility index (Phi) is 4.06. The molecule has 1 aromatic heterocycles. The van der Waals surface area contributed by atoms with E-state index in [-0.39, 0.29) is 5.56 Å². The number of carbonyl (C=O) groups is 1. The Morgan fingerprint density at radius 2 is 1.72 bits per heavy atom. The van der Waals surface area contributed by atoms with Crippen LogP contribution < -0.4 is 5.32 Å². The minimum absolute atomic E-state index is 0.00812. The van der Waals surface area contributed by atoms with E-state index >= 15 is 0 Å². The van der Waals surface area contributed by atoms with Crippen molar-refractivity contribution in [2.24, 2.45) is 0 Å². The predicted molar refractivity (Wildman–Crippen MR) is 111 cm³/mol. The van der Waals surface area contributed by atoms with Gasteiger partial charge in [-0.15, -0.1) is 0 Å². The van der Waals surface area contributed by atoms with Gasteiger partial charge in [-0.3, -0.25) is 4.79 Å². The fourth-order valence-electron chi connectivity index (χ4n) is 3.36. The van der Waals surface area contributed by atoms with Crippen LogP contribution >= 0.6 is 0 Å². The summed E-state index contributed by atoms with van der Waals surface area (Å²) in [4.78, 5) is 17.0. The number of halogens is 1. The van der Waals surface area contributed by atoms with Gasteiger partial charge in [-0.1, -0.05) is 48.5 Å². The summed E-state index contributed by atoms with van der Waals surface area (Å²) in [5.74, 6) is -0.617. The van der Waals surface area contributed by atoms with Crippen molar-refractivity contribution in [2.45, 2.75) is 0 Å². The van der Waals surface area contributed by atoms with Crippen LogP contribution in [0.15, 0.2) is 89.3 Å². The Bertz CT molecular complexity index is 1370. The molecule has 1 N–H and O–H groups in total. The molecule has 0 saturated carbocycles. The quantitative estimate of drug-likeness (QED) is 0.414. The molecule has 5 aromatic rings.